The van der Waals surface area contributed by atoms with Gasteiger partial charge in [-0.3, -0.25) is 9.10 Å². The molecule has 0 aliphatic carbocycles. The number of rotatable bonds is 8. The molecule has 2 aromatic carbocycles. The zero-order valence-electron chi connectivity index (χ0n) is 15.8. The summed E-state index contributed by atoms with van der Waals surface area (Å²) in [5.41, 5.74) is 3.42. The summed E-state index contributed by atoms with van der Waals surface area (Å²) in [6.07, 6.45) is 2.57. The molecule has 0 heterocycles. The Labute approximate surface area is 166 Å². The second kappa shape index (κ2) is 9.24. The predicted molar refractivity (Wildman–Crippen MR) is 111 cm³/mol. The second-order valence-electron chi connectivity index (χ2n) is 6.66. The van der Waals surface area contributed by atoms with Crippen molar-refractivity contribution in [2.45, 2.75) is 26.7 Å². The highest BCUT2D eigenvalue weighted by Gasteiger charge is 2.21. The molecule has 0 aliphatic rings. The van der Waals surface area contributed by atoms with Crippen LogP contribution in [0.25, 0.3) is 0 Å². The average molecular weight is 409 g/mol. The topological polar surface area (TPSA) is 66.5 Å². The Balaban J connectivity index is 1.95. The molecule has 0 aliphatic heterocycles. The van der Waals surface area contributed by atoms with Gasteiger partial charge in [0, 0.05) is 11.6 Å². The zero-order chi connectivity index (χ0) is 20.0. The number of amides is 1. The van der Waals surface area contributed by atoms with Gasteiger partial charge in [0.2, 0.25) is 15.9 Å². The predicted octanol–water partition coefficient (Wildman–Crippen LogP) is 3.47. The van der Waals surface area contributed by atoms with Gasteiger partial charge in [0.05, 0.1) is 11.9 Å². The molecule has 0 aromatic heterocycles. The highest BCUT2D eigenvalue weighted by molar-refractivity contribution is 7.92. The number of halogens is 1. The van der Waals surface area contributed by atoms with Crippen molar-refractivity contribution in [2.75, 3.05) is 23.7 Å². The summed E-state index contributed by atoms with van der Waals surface area (Å²) in [7, 11) is -3.57. The first-order valence-electron chi connectivity index (χ1n) is 8.73. The number of hydrogen-bond acceptors (Lipinski definition) is 3. The number of carbonyl (C=O) groups is 1. The quantitative estimate of drug-likeness (QED) is 0.680. The van der Waals surface area contributed by atoms with Crippen molar-refractivity contribution in [2.24, 2.45) is 0 Å². The van der Waals surface area contributed by atoms with Crippen LogP contribution in [0, 0.1) is 13.8 Å². The van der Waals surface area contributed by atoms with E-state index in [0.717, 1.165) is 40.1 Å². The van der Waals surface area contributed by atoms with Gasteiger partial charge in [0.25, 0.3) is 0 Å². The van der Waals surface area contributed by atoms with E-state index >= 15 is 0 Å². The number of sulfonamides is 1. The Bertz CT molecular complexity index is 893. The van der Waals surface area contributed by atoms with Crippen LogP contribution in [-0.4, -0.2) is 33.7 Å². The summed E-state index contributed by atoms with van der Waals surface area (Å²) in [5, 5.41) is 3.50. The van der Waals surface area contributed by atoms with Crippen LogP contribution in [0.3, 0.4) is 0 Å². The Hall–Kier alpha value is -2.05. The van der Waals surface area contributed by atoms with Crippen LogP contribution in [0.15, 0.2) is 42.5 Å². The summed E-state index contributed by atoms with van der Waals surface area (Å²) < 4.78 is 25.5. The SMILES string of the molecule is Cc1cc(C)cc(N(CC(=O)NCCCc2ccccc2Cl)S(C)(=O)=O)c1. The third-order valence-corrected chi connectivity index (χ3v) is 5.59. The first-order chi connectivity index (χ1) is 12.7. The van der Waals surface area contributed by atoms with Crippen molar-refractivity contribution in [3.05, 3.63) is 64.2 Å². The highest BCUT2D eigenvalue weighted by atomic mass is 35.5. The molecule has 0 spiro atoms. The Morgan fingerprint density at radius 1 is 1.11 bits per heavy atom. The minimum atomic E-state index is -3.57. The summed E-state index contributed by atoms with van der Waals surface area (Å²) in [6.45, 7) is 4.00. The van der Waals surface area contributed by atoms with E-state index in [4.69, 9.17) is 11.6 Å². The van der Waals surface area contributed by atoms with Crippen molar-refractivity contribution < 1.29 is 13.2 Å². The number of anilines is 1. The maximum Gasteiger partial charge on any atom is 0.240 e. The number of benzene rings is 2. The lowest BCUT2D eigenvalue weighted by atomic mass is 10.1. The van der Waals surface area contributed by atoms with Gasteiger partial charge in [-0.2, -0.15) is 0 Å². The average Bonchev–Trinajstić information content (AvgIpc) is 2.56. The molecule has 0 fully saturated rings. The third-order valence-electron chi connectivity index (χ3n) is 4.08. The molecule has 0 unspecified atom stereocenters. The largest absolute Gasteiger partial charge is 0.355 e. The second-order valence-corrected chi connectivity index (χ2v) is 8.97. The summed E-state index contributed by atoms with van der Waals surface area (Å²) in [4.78, 5) is 12.3. The first-order valence-corrected chi connectivity index (χ1v) is 11.0. The van der Waals surface area contributed by atoms with Gasteiger partial charge in [-0.25, -0.2) is 8.42 Å². The standard InChI is InChI=1S/C20H25ClN2O3S/c1-15-11-16(2)13-18(12-15)23(27(3,25)26)14-20(24)22-10-6-8-17-7-4-5-9-19(17)21/h4-5,7,9,11-13H,6,8,10,14H2,1-3H3,(H,22,24). The number of aryl methyl sites for hydroxylation is 3. The van der Waals surface area contributed by atoms with Crippen LogP contribution < -0.4 is 9.62 Å². The van der Waals surface area contributed by atoms with Crippen molar-refractivity contribution in [3.8, 4) is 0 Å². The molecular weight excluding hydrogens is 384 g/mol. The molecule has 146 valence electrons. The van der Waals surface area contributed by atoms with Gasteiger partial charge < -0.3 is 5.32 Å². The number of nitrogens with zero attached hydrogens (tertiary/aromatic N) is 1. The first kappa shape index (κ1) is 21.3. The van der Waals surface area contributed by atoms with Crippen molar-refractivity contribution in [1.29, 1.82) is 0 Å². The van der Waals surface area contributed by atoms with Crippen molar-refractivity contribution in [1.82, 2.24) is 5.32 Å². The zero-order valence-corrected chi connectivity index (χ0v) is 17.4. The van der Waals surface area contributed by atoms with E-state index in [9.17, 15) is 13.2 Å². The molecule has 0 bridgehead atoms. The smallest absolute Gasteiger partial charge is 0.240 e. The molecular formula is C20H25ClN2O3S. The van der Waals surface area contributed by atoms with Gasteiger partial charge in [-0.15, -0.1) is 0 Å². The number of nitrogens with one attached hydrogen (secondary N) is 1. The van der Waals surface area contributed by atoms with Gasteiger partial charge in [-0.05, 0) is 61.6 Å². The van der Waals surface area contributed by atoms with Gasteiger partial charge >= 0.3 is 0 Å². The van der Waals surface area contributed by atoms with E-state index in [2.05, 4.69) is 5.32 Å². The molecule has 0 saturated carbocycles. The van der Waals surface area contributed by atoms with E-state index < -0.39 is 10.0 Å². The molecule has 7 heteroatoms. The fourth-order valence-corrected chi connectivity index (χ4v) is 3.96. The van der Waals surface area contributed by atoms with Crippen LogP contribution in [0.1, 0.15) is 23.1 Å². The van der Waals surface area contributed by atoms with E-state index in [1.54, 1.807) is 12.1 Å². The normalized spacial score (nSPS) is 11.3. The monoisotopic (exact) mass is 408 g/mol. The van der Waals surface area contributed by atoms with E-state index in [1.165, 1.54) is 0 Å². The lowest BCUT2D eigenvalue weighted by Crippen LogP contribution is -2.40. The van der Waals surface area contributed by atoms with Crippen LogP contribution in [0.4, 0.5) is 5.69 Å². The molecule has 0 atom stereocenters. The van der Waals surface area contributed by atoms with Gasteiger partial charge in [0.1, 0.15) is 6.54 Å². The molecule has 1 amide bonds. The lowest BCUT2D eigenvalue weighted by molar-refractivity contribution is -0.119. The number of carbonyl (C=O) groups excluding carboxylic acids is 1. The van der Waals surface area contributed by atoms with Crippen molar-refractivity contribution in [3.63, 3.8) is 0 Å². The summed E-state index contributed by atoms with van der Waals surface area (Å²) in [5.74, 6) is -0.334. The molecule has 0 saturated heterocycles. The van der Waals surface area contributed by atoms with Crippen molar-refractivity contribution >= 4 is 33.2 Å². The Morgan fingerprint density at radius 2 is 1.74 bits per heavy atom. The third kappa shape index (κ3) is 6.56. The Morgan fingerprint density at radius 3 is 2.33 bits per heavy atom. The molecule has 2 aromatic rings. The molecule has 0 radical (unpaired) electrons. The van der Waals surface area contributed by atoms with Crippen LogP contribution in [0.2, 0.25) is 5.02 Å². The van der Waals surface area contributed by atoms with Crippen LogP contribution in [-0.2, 0) is 21.2 Å². The van der Waals surface area contributed by atoms with Gasteiger partial charge in [-0.1, -0.05) is 35.9 Å². The molecule has 1 N–H and O–H groups in total. The fourth-order valence-electron chi connectivity index (χ4n) is 2.89. The lowest BCUT2D eigenvalue weighted by Gasteiger charge is -2.22. The highest BCUT2D eigenvalue weighted by Crippen LogP contribution is 2.21. The molecule has 5 nitrogen and oxygen atoms in total. The maximum absolute atomic E-state index is 12.3. The summed E-state index contributed by atoms with van der Waals surface area (Å²) in [6, 6.07) is 13.1. The van der Waals surface area contributed by atoms with E-state index in [-0.39, 0.29) is 12.5 Å². The van der Waals surface area contributed by atoms with Crippen LogP contribution >= 0.6 is 11.6 Å². The van der Waals surface area contributed by atoms with Gasteiger partial charge in [0.15, 0.2) is 0 Å². The van der Waals surface area contributed by atoms with Crippen LogP contribution in [0.5, 0.6) is 0 Å². The molecule has 27 heavy (non-hydrogen) atoms. The van der Waals surface area contributed by atoms with E-state index in [0.29, 0.717) is 17.3 Å². The fraction of sp³-hybridized carbons (Fsp3) is 0.350. The number of hydrogen-bond donors (Lipinski definition) is 1. The maximum atomic E-state index is 12.3. The summed E-state index contributed by atoms with van der Waals surface area (Å²) >= 11 is 6.12. The Kier molecular flexibility index (Phi) is 7.27. The minimum absolute atomic E-state index is 0.242. The molecule has 2 rings (SSSR count). The van der Waals surface area contributed by atoms with E-state index in [1.807, 2.05) is 44.2 Å². The minimum Gasteiger partial charge on any atom is -0.355 e.